The third kappa shape index (κ3) is 5.04. The van der Waals surface area contributed by atoms with Gasteiger partial charge in [-0.05, 0) is 13.0 Å². The van der Waals surface area contributed by atoms with E-state index in [4.69, 9.17) is 26.0 Å². The minimum Gasteiger partial charge on any atom is -0.479 e. The topological polar surface area (TPSA) is 193 Å². The van der Waals surface area contributed by atoms with E-state index in [-0.39, 0.29) is 5.96 Å². The van der Waals surface area contributed by atoms with Gasteiger partial charge in [0.2, 0.25) is 5.76 Å². The second-order valence-electron chi connectivity index (χ2n) is 5.28. The molecule has 0 saturated heterocycles. The maximum Gasteiger partial charge on any atom is 0.370 e. The van der Waals surface area contributed by atoms with E-state index in [0.717, 1.165) is 0 Å². The number of hydrogen-bond donors (Lipinski definition) is 7. The molecule has 1 aliphatic rings. The van der Waals surface area contributed by atoms with Gasteiger partial charge in [0, 0.05) is 7.11 Å². The molecule has 0 spiro atoms. The lowest BCUT2D eigenvalue weighted by molar-refractivity contribution is -0.149. The van der Waals surface area contributed by atoms with E-state index in [1.807, 2.05) is 0 Å². The van der Waals surface area contributed by atoms with Crippen LogP contribution >= 0.6 is 0 Å². The van der Waals surface area contributed by atoms with Crippen molar-refractivity contribution in [2.24, 2.45) is 16.5 Å². The predicted molar refractivity (Wildman–Crippen MR) is 82.7 cm³/mol. The Kier molecular flexibility index (Phi) is 7.38. The highest BCUT2D eigenvalue weighted by Gasteiger charge is 2.44. The van der Waals surface area contributed by atoms with Gasteiger partial charge < -0.3 is 41.4 Å². The van der Waals surface area contributed by atoms with E-state index in [1.165, 1.54) is 20.1 Å². The maximum absolute atomic E-state index is 11.3. The highest BCUT2D eigenvalue weighted by atomic mass is 16.6. The van der Waals surface area contributed by atoms with Crippen molar-refractivity contribution in [3.63, 3.8) is 0 Å². The van der Waals surface area contributed by atoms with Crippen LogP contribution < -0.4 is 16.8 Å². The van der Waals surface area contributed by atoms with Gasteiger partial charge in [0.15, 0.2) is 5.96 Å². The molecule has 6 atom stereocenters. The number of aliphatic hydroxyl groups excluding tert-OH is 3. The van der Waals surface area contributed by atoms with Crippen molar-refractivity contribution in [2.75, 3.05) is 13.7 Å². The smallest absolute Gasteiger partial charge is 0.370 e. The Hall–Kier alpha value is -1.92. The summed E-state index contributed by atoms with van der Waals surface area (Å²) in [7, 11) is 1.26. The summed E-state index contributed by atoms with van der Waals surface area (Å²) in [6.45, 7) is 0.795. The molecular formula is C13H24N4O7. The molecule has 24 heavy (non-hydrogen) atoms. The van der Waals surface area contributed by atoms with Gasteiger partial charge in [0.05, 0.1) is 18.7 Å². The summed E-state index contributed by atoms with van der Waals surface area (Å²) in [6, 6.07) is -1.74. The molecule has 11 nitrogen and oxygen atoms in total. The lowest BCUT2D eigenvalue weighted by atomic mass is 9.92. The number of nitrogens with one attached hydrogen (secondary N) is 1. The molecule has 138 valence electrons. The highest BCUT2D eigenvalue weighted by Crippen LogP contribution is 2.26. The zero-order chi connectivity index (χ0) is 18.4. The number of carboxylic acid groups (broad SMARTS) is 1. The number of nitrogens with zero attached hydrogens (tertiary/aromatic N) is 1. The Morgan fingerprint density at radius 1 is 1.50 bits per heavy atom. The fraction of sp³-hybridized carbons (Fsp3) is 0.692. The fourth-order valence-corrected chi connectivity index (χ4v) is 2.48. The number of nitrogens with two attached hydrogens (primary N) is 2. The molecule has 1 unspecified atom stereocenters. The van der Waals surface area contributed by atoms with Crippen LogP contribution in [0.1, 0.15) is 6.92 Å². The number of aliphatic hydroxyl groups is 3. The average Bonchev–Trinajstić information content (AvgIpc) is 2.49. The summed E-state index contributed by atoms with van der Waals surface area (Å²) < 4.78 is 10.5. The van der Waals surface area contributed by atoms with Crippen LogP contribution in [0.2, 0.25) is 0 Å². The van der Waals surface area contributed by atoms with E-state index >= 15 is 0 Å². The Bertz CT molecular complexity index is 493. The molecule has 11 heteroatoms. The molecule has 0 saturated carbocycles. The molecule has 1 heterocycles. The molecule has 1 rings (SSSR count). The van der Waals surface area contributed by atoms with Crippen LogP contribution in [0.4, 0.5) is 0 Å². The van der Waals surface area contributed by atoms with Crippen LogP contribution in [0, 0.1) is 0 Å². The van der Waals surface area contributed by atoms with Gasteiger partial charge in [-0.25, -0.2) is 9.79 Å². The molecule has 1 aliphatic heterocycles. The van der Waals surface area contributed by atoms with Crippen molar-refractivity contribution in [3.8, 4) is 0 Å². The summed E-state index contributed by atoms with van der Waals surface area (Å²) in [6.07, 6.45) is -3.40. The quantitative estimate of drug-likeness (QED) is 0.132. The standard InChI is InChI=1S/C13H24N4O7/c1-5(19)16-9-6(17-13(14)15)3-8(12(21)22)24-11(9)10(23-2)7(20)4-18/h3,5-7,9-11,16,18-20H,4H2,1-2H3,(H,21,22)(H4,14,15,17)/t5?,6-,7-,9+,10-,11+/m0/s1. The first kappa shape index (κ1) is 20.1. The normalized spacial score (nSPS) is 27.4. The first-order valence-corrected chi connectivity index (χ1v) is 7.17. The van der Waals surface area contributed by atoms with Crippen molar-refractivity contribution in [1.29, 1.82) is 0 Å². The van der Waals surface area contributed by atoms with Crippen LogP contribution in [0.3, 0.4) is 0 Å². The van der Waals surface area contributed by atoms with Crippen molar-refractivity contribution >= 4 is 11.9 Å². The van der Waals surface area contributed by atoms with Gasteiger partial charge in [-0.3, -0.25) is 5.32 Å². The fourth-order valence-electron chi connectivity index (χ4n) is 2.48. The lowest BCUT2D eigenvalue weighted by Crippen LogP contribution is -2.61. The van der Waals surface area contributed by atoms with Gasteiger partial charge in [-0.1, -0.05) is 0 Å². The molecular weight excluding hydrogens is 324 g/mol. The van der Waals surface area contributed by atoms with E-state index in [2.05, 4.69) is 10.3 Å². The minimum absolute atomic E-state index is 0.296. The van der Waals surface area contributed by atoms with Crippen molar-refractivity contribution in [3.05, 3.63) is 11.8 Å². The Morgan fingerprint density at radius 2 is 2.12 bits per heavy atom. The first-order valence-electron chi connectivity index (χ1n) is 7.17. The van der Waals surface area contributed by atoms with E-state index in [0.29, 0.717) is 0 Å². The number of aliphatic imine (C=N–C) groups is 1. The van der Waals surface area contributed by atoms with Crippen LogP contribution in [-0.2, 0) is 14.3 Å². The number of rotatable bonds is 8. The number of carbonyl (C=O) groups is 1. The van der Waals surface area contributed by atoms with Crippen LogP contribution in [0.25, 0.3) is 0 Å². The van der Waals surface area contributed by atoms with E-state index < -0.39 is 55.0 Å². The van der Waals surface area contributed by atoms with E-state index in [1.54, 1.807) is 0 Å². The highest BCUT2D eigenvalue weighted by molar-refractivity contribution is 5.85. The van der Waals surface area contributed by atoms with Crippen LogP contribution in [-0.4, -0.2) is 82.7 Å². The SMILES string of the molecule is CO[C@H]([C@@H]1OC(C(=O)O)=C[C@H](N=C(N)N)[C@H]1NC(C)O)[C@@H](O)CO. The molecule has 0 fully saturated rings. The molecule has 0 bridgehead atoms. The summed E-state index contributed by atoms with van der Waals surface area (Å²) in [5, 5.41) is 40.7. The van der Waals surface area contributed by atoms with Gasteiger partial charge >= 0.3 is 5.97 Å². The largest absolute Gasteiger partial charge is 0.479 e. The first-order chi connectivity index (χ1) is 11.2. The van der Waals surface area contributed by atoms with Crippen molar-refractivity contribution in [2.45, 2.75) is 43.5 Å². The Balaban J connectivity index is 3.32. The molecule has 0 amide bonds. The van der Waals surface area contributed by atoms with Crippen LogP contribution in [0.5, 0.6) is 0 Å². The zero-order valence-electron chi connectivity index (χ0n) is 13.4. The third-order valence-electron chi connectivity index (χ3n) is 3.41. The molecule has 0 aromatic carbocycles. The molecule has 9 N–H and O–H groups in total. The Morgan fingerprint density at radius 3 is 2.54 bits per heavy atom. The Labute approximate surface area is 138 Å². The summed E-state index contributed by atoms with van der Waals surface area (Å²) >= 11 is 0. The van der Waals surface area contributed by atoms with Crippen molar-refractivity contribution < 1.29 is 34.7 Å². The summed E-state index contributed by atoms with van der Waals surface area (Å²) in [5.41, 5.74) is 10.8. The van der Waals surface area contributed by atoms with Gasteiger partial charge in [0.1, 0.15) is 24.5 Å². The number of aliphatic carboxylic acids is 1. The molecule has 0 aromatic heterocycles. The number of methoxy groups -OCH3 is 1. The monoisotopic (exact) mass is 348 g/mol. The molecule has 0 aromatic rings. The van der Waals surface area contributed by atoms with E-state index in [9.17, 15) is 20.1 Å². The van der Waals surface area contributed by atoms with Gasteiger partial charge in [0.25, 0.3) is 0 Å². The second kappa shape index (κ2) is 8.80. The van der Waals surface area contributed by atoms with Gasteiger partial charge in [-0.2, -0.15) is 0 Å². The minimum atomic E-state index is -1.36. The summed E-state index contributed by atoms with van der Waals surface area (Å²) in [5.74, 6) is -2.10. The average molecular weight is 348 g/mol. The number of ether oxygens (including phenoxy) is 2. The van der Waals surface area contributed by atoms with Crippen LogP contribution in [0.15, 0.2) is 16.8 Å². The summed E-state index contributed by atoms with van der Waals surface area (Å²) in [4.78, 5) is 15.2. The number of hydrogen-bond acceptors (Lipinski definition) is 8. The van der Waals surface area contributed by atoms with Gasteiger partial charge in [-0.15, -0.1) is 0 Å². The maximum atomic E-state index is 11.3. The second-order valence-corrected chi connectivity index (χ2v) is 5.28. The lowest BCUT2D eigenvalue weighted by Gasteiger charge is -2.40. The number of guanidine groups is 1. The molecule has 0 radical (unpaired) electrons. The zero-order valence-corrected chi connectivity index (χ0v) is 13.4. The predicted octanol–water partition coefficient (Wildman–Crippen LogP) is -3.34. The third-order valence-corrected chi connectivity index (χ3v) is 3.41. The van der Waals surface area contributed by atoms with Crippen molar-refractivity contribution in [1.82, 2.24) is 5.32 Å². The molecule has 0 aliphatic carbocycles. The number of carboxylic acids is 1.